The van der Waals surface area contributed by atoms with Gasteiger partial charge in [-0.05, 0) is 22.4 Å². The molecule has 0 unspecified atom stereocenters. The quantitative estimate of drug-likeness (QED) is 0.688. The van der Waals surface area contributed by atoms with E-state index in [0.717, 1.165) is 16.3 Å². The first-order valence-corrected chi connectivity index (χ1v) is 6.17. The SMILES string of the molecule is COC(=O)/C(=C\c1cccc2ccccc12)NC(C)=O. The van der Waals surface area contributed by atoms with Gasteiger partial charge in [0.15, 0.2) is 0 Å². The third kappa shape index (κ3) is 3.03. The number of rotatable bonds is 3. The number of benzene rings is 2. The Morgan fingerprint density at radius 1 is 1.10 bits per heavy atom. The molecule has 0 saturated carbocycles. The van der Waals surface area contributed by atoms with Gasteiger partial charge >= 0.3 is 5.97 Å². The lowest BCUT2D eigenvalue weighted by Crippen LogP contribution is -2.25. The predicted octanol–water partition coefficient (Wildman–Crippen LogP) is 2.49. The Balaban J connectivity index is 2.53. The van der Waals surface area contributed by atoms with E-state index < -0.39 is 5.97 Å². The molecule has 0 bridgehead atoms. The molecule has 0 aromatic heterocycles. The molecule has 1 N–H and O–H groups in total. The summed E-state index contributed by atoms with van der Waals surface area (Å²) in [4.78, 5) is 22.9. The molecule has 4 heteroatoms. The minimum Gasteiger partial charge on any atom is -0.464 e. The first kappa shape index (κ1) is 13.8. The number of carbonyl (C=O) groups excluding carboxylic acids is 2. The third-order valence-electron chi connectivity index (χ3n) is 2.84. The molecular formula is C16H15NO3. The first-order valence-electron chi connectivity index (χ1n) is 6.17. The van der Waals surface area contributed by atoms with Crippen molar-refractivity contribution in [1.82, 2.24) is 5.32 Å². The van der Waals surface area contributed by atoms with Crippen molar-refractivity contribution < 1.29 is 14.3 Å². The average molecular weight is 269 g/mol. The van der Waals surface area contributed by atoms with Crippen LogP contribution < -0.4 is 5.32 Å². The zero-order valence-corrected chi connectivity index (χ0v) is 11.3. The lowest BCUT2D eigenvalue weighted by molar-refractivity contribution is -0.137. The molecule has 102 valence electrons. The molecular weight excluding hydrogens is 254 g/mol. The second-order valence-electron chi connectivity index (χ2n) is 4.30. The number of fused-ring (bicyclic) bond motifs is 1. The van der Waals surface area contributed by atoms with Crippen LogP contribution in [0.2, 0.25) is 0 Å². The fourth-order valence-corrected chi connectivity index (χ4v) is 1.98. The normalized spacial score (nSPS) is 11.2. The van der Waals surface area contributed by atoms with E-state index in [1.54, 1.807) is 6.08 Å². The van der Waals surface area contributed by atoms with Gasteiger partial charge in [-0.25, -0.2) is 4.79 Å². The van der Waals surface area contributed by atoms with E-state index in [9.17, 15) is 9.59 Å². The van der Waals surface area contributed by atoms with Gasteiger partial charge in [-0.2, -0.15) is 0 Å². The number of esters is 1. The lowest BCUT2D eigenvalue weighted by Gasteiger charge is -2.07. The monoisotopic (exact) mass is 269 g/mol. The molecule has 0 aliphatic rings. The molecule has 0 heterocycles. The fraction of sp³-hybridized carbons (Fsp3) is 0.125. The van der Waals surface area contributed by atoms with Crippen LogP contribution in [0.4, 0.5) is 0 Å². The van der Waals surface area contributed by atoms with Crippen molar-refractivity contribution in [2.75, 3.05) is 7.11 Å². The summed E-state index contributed by atoms with van der Waals surface area (Å²) in [5, 5.41) is 4.56. The predicted molar refractivity (Wildman–Crippen MR) is 77.8 cm³/mol. The van der Waals surface area contributed by atoms with Crippen molar-refractivity contribution in [3.05, 3.63) is 53.7 Å². The van der Waals surface area contributed by atoms with Gasteiger partial charge in [-0.15, -0.1) is 0 Å². The Labute approximate surface area is 117 Å². The molecule has 0 spiro atoms. The highest BCUT2D eigenvalue weighted by molar-refractivity contribution is 6.00. The third-order valence-corrected chi connectivity index (χ3v) is 2.84. The highest BCUT2D eigenvalue weighted by Crippen LogP contribution is 2.20. The molecule has 4 nitrogen and oxygen atoms in total. The van der Waals surface area contributed by atoms with Gasteiger partial charge in [0.05, 0.1) is 7.11 Å². The minimum absolute atomic E-state index is 0.122. The van der Waals surface area contributed by atoms with Crippen molar-refractivity contribution in [2.45, 2.75) is 6.92 Å². The van der Waals surface area contributed by atoms with E-state index in [1.807, 2.05) is 42.5 Å². The van der Waals surface area contributed by atoms with Crippen LogP contribution in [0.5, 0.6) is 0 Å². The molecule has 0 saturated heterocycles. The molecule has 0 atom stereocenters. The molecule has 2 rings (SSSR count). The zero-order valence-electron chi connectivity index (χ0n) is 11.3. The topological polar surface area (TPSA) is 55.4 Å². The van der Waals surface area contributed by atoms with Crippen molar-refractivity contribution in [2.24, 2.45) is 0 Å². The fourth-order valence-electron chi connectivity index (χ4n) is 1.98. The minimum atomic E-state index is -0.576. The Bertz CT molecular complexity index is 684. The average Bonchev–Trinajstić information content (AvgIpc) is 2.45. The van der Waals surface area contributed by atoms with Crippen LogP contribution in [0.3, 0.4) is 0 Å². The van der Waals surface area contributed by atoms with E-state index in [0.29, 0.717) is 0 Å². The molecule has 0 aliphatic heterocycles. The summed E-state index contributed by atoms with van der Waals surface area (Å²) in [7, 11) is 1.28. The van der Waals surface area contributed by atoms with Crippen molar-refractivity contribution in [3.8, 4) is 0 Å². The Morgan fingerprint density at radius 2 is 1.80 bits per heavy atom. The van der Waals surface area contributed by atoms with E-state index in [-0.39, 0.29) is 11.6 Å². The van der Waals surface area contributed by atoms with E-state index in [1.165, 1.54) is 14.0 Å². The van der Waals surface area contributed by atoms with Crippen LogP contribution in [-0.4, -0.2) is 19.0 Å². The highest BCUT2D eigenvalue weighted by atomic mass is 16.5. The molecule has 0 fully saturated rings. The largest absolute Gasteiger partial charge is 0.464 e. The summed E-state index contributed by atoms with van der Waals surface area (Å²) in [6, 6.07) is 13.6. The number of ether oxygens (including phenoxy) is 1. The van der Waals surface area contributed by atoms with E-state index in [2.05, 4.69) is 10.1 Å². The Kier molecular flexibility index (Phi) is 4.15. The number of nitrogens with one attached hydrogen (secondary N) is 1. The van der Waals surface area contributed by atoms with E-state index in [4.69, 9.17) is 0 Å². The maximum atomic E-state index is 11.7. The molecule has 1 amide bonds. The van der Waals surface area contributed by atoms with Crippen LogP contribution in [0.25, 0.3) is 16.8 Å². The van der Waals surface area contributed by atoms with Gasteiger partial charge in [0, 0.05) is 6.92 Å². The van der Waals surface area contributed by atoms with Gasteiger partial charge in [0.2, 0.25) is 5.91 Å². The van der Waals surface area contributed by atoms with Crippen LogP contribution in [0.1, 0.15) is 12.5 Å². The zero-order chi connectivity index (χ0) is 14.5. The second-order valence-corrected chi connectivity index (χ2v) is 4.30. The van der Waals surface area contributed by atoms with Crippen molar-refractivity contribution in [3.63, 3.8) is 0 Å². The van der Waals surface area contributed by atoms with Crippen LogP contribution in [0, 0.1) is 0 Å². The maximum Gasteiger partial charge on any atom is 0.354 e. The van der Waals surface area contributed by atoms with Gasteiger partial charge in [-0.3, -0.25) is 4.79 Å². The summed E-state index contributed by atoms with van der Waals surface area (Å²) in [6.07, 6.45) is 1.62. The second kappa shape index (κ2) is 6.02. The van der Waals surface area contributed by atoms with Gasteiger partial charge in [-0.1, -0.05) is 42.5 Å². The standard InChI is InChI=1S/C16H15NO3/c1-11(18)17-15(16(19)20-2)10-13-8-5-7-12-6-3-4-9-14(12)13/h3-10H,1-2H3,(H,17,18)/b15-10+. The van der Waals surface area contributed by atoms with Gasteiger partial charge < -0.3 is 10.1 Å². The molecule has 0 aliphatic carbocycles. The summed E-state index contributed by atoms with van der Waals surface area (Å²) in [5.74, 6) is -0.893. The Morgan fingerprint density at radius 3 is 2.50 bits per heavy atom. The number of hydrogen-bond acceptors (Lipinski definition) is 3. The molecule has 0 radical (unpaired) electrons. The summed E-state index contributed by atoms with van der Waals surface area (Å²) >= 11 is 0. The summed E-state index contributed by atoms with van der Waals surface area (Å²) in [6.45, 7) is 1.35. The van der Waals surface area contributed by atoms with Crippen molar-refractivity contribution in [1.29, 1.82) is 0 Å². The molecule has 2 aromatic carbocycles. The molecule has 2 aromatic rings. The Hall–Kier alpha value is -2.62. The maximum absolute atomic E-state index is 11.7. The van der Waals surface area contributed by atoms with E-state index >= 15 is 0 Å². The number of carbonyl (C=O) groups is 2. The number of amides is 1. The smallest absolute Gasteiger partial charge is 0.354 e. The number of hydrogen-bond donors (Lipinski definition) is 1. The molecule has 20 heavy (non-hydrogen) atoms. The van der Waals surface area contributed by atoms with Crippen molar-refractivity contribution >= 4 is 28.7 Å². The lowest BCUT2D eigenvalue weighted by atomic mass is 10.0. The van der Waals surface area contributed by atoms with Crippen LogP contribution in [0.15, 0.2) is 48.2 Å². The van der Waals surface area contributed by atoms with Gasteiger partial charge in [0.1, 0.15) is 5.70 Å². The highest BCUT2D eigenvalue weighted by Gasteiger charge is 2.11. The van der Waals surface area contributed by atoms with Crippen LogP contribution in [-0.2, 0) is 14.3 Å². The van der Waals surface area contributed by atoms with Crippen LogP contribution >= 0.6 is 0 Å². The first-order chi connectivity index (χ1) is 9.61. The number of methoxy groups -OCH3 is 1. The summed E-state index contributed by atoms with van der Waals surface area (Å²) in [5.41, 5.74) is 0.966. The summed E-state index contributed by atoms with van der Waals surface area (Å²) < 4.78 is 4.68. The van der Waals surface area contributed by atoms with Gasteiger partial charge in [0.25, 0.3) is 0 Å².